The monoisotopic (exact) mass is 393 g/mol. The van der Waals surface area contributed by atoms with Gasteiger partial charge in [-0.2, -0.15) is 4.37 Å². The first-order valence-corrected chi connectivity index (χ1v) is 9.94. The lowest BCUT2D eigenvalue weighted by Gasteiger charge is -2.23. The number of anilines is 1. The smallest absolute Gasteiger partial charge is 0.242 e. The molecule has 1 amide bonds. The Balaban J connectivity index is 1.61. The minimum atomic E-state index is -0.145. The van der Waals surface area contributed by atoms with Crippen molar-refractivity contribution < 1.29 is 4.79 Å². The zero-order valence-electron chi connectivity index (χ0n) is 15.1. The highest BCUT2D eigenvalue weighted by atomic mass is 35.5. The number of halogens is 1. The van der Waals surface area contributed by atoms with E-state index in [-0.39, 0.29) is 11.9 Å². The molecule has 1 aliphatic rings. The van der Waals surface area contributed by atoms with E-state index in [1.54, 1.807) is 0 Å². The molecule has 2 heterocycles. The van der Waals surface area contributed by atoms with E-state index < -0.39 is 0 Å². The van der Waals surface area contributed by atoms with E-state index in [1.807, 2.05) is 38.4 Å². The molecule has 1 N–H and O–H groups in total. The van der Waals surface area contributed by atoms with Gasteiger partial charge in [-0.05, 0) is 44.6 Å². The predicted molar refractivity (Wildman–Crippen MR) is 106 cm³/mol. The Kier molecular flexibility index (Phi) is 6.45. The van der Waals surface area contributed by atoms with E-state index in [0.717, 1.165) is 47.5 Å². The lowest BCUT2D eigenvalue weighted by atomic mass is 10.1. The topological polar surface area (TPSA) is 61.4 Å². The van der Waals surface area contributed by atoms with Gasteiger partial charge in [0.25, 0.3) is 0 Å². The number of hydrogen-bond acceptors (Lipinski definition) is 6. The van der Waals surface area contributed by atoms with E-state index in [9.17, 15) is 4.79 Å². The highest BCUT2D eigenvalue weighted by Crippen LogP contribution is 2.27. The number of carbonyl (C=O) groups is 1. The Hall–Kier alpha value is -1.70. The molecule has 2 aromatic rings. The van der Waals surface area contributed by atoms with Crippen LogP contribution >= 0.6 is 23.1 Å². The summed E-state index contributed by atoms with van der Waals surface area (Å²) < 4.78 is 4.48. The zero-order chi connectivity index (χ0) is 18.5. The van der Waals surface area contributed by atoms with Gasteiger partial charge in [0, 0.05) is 42.6 Å². The van der Waals surface area contributed by atoms with Crippen molar-refractivity contribution in [1.29, 1.82) is 0 Å². The maximum atomic E-state index is 12.5. The highest BCUT2D eigenvalue weighted by Gasteiger charge is 2.32. The van der Waals surface area contributed by atoms with E-state index in [2.05, 4.69) is 24.5 Å². The zero-order valence-corrected chi connectivity index (χ0v) is 16.7. The second-order valence-corrected chi connectivity index (χ2v) is 7.91. The van der Waals surface area contributed by atoms with Gasteiger partial charge in [-0.1, -0.05) is 23.7 Å². The van der Waals surface area contributed by atoms with Gasteiger partial charge >= 0.3 is 0 Å². The number of nitrogens with one attached hydrogen (secondary N) is 1. The molecule has 1 fully saturated rings. The molecule has 8 heteroatoms. The Morgan fingerprint density at radius 2 is 2.15 bits per heavy atom. The molecule has 1 aliphatic heterocycles. The fourth-order valence-electron chi connectivity index (χ4n) is 3.01. The molecule has 1 aromatic carbocycles. The van der Waals surface area contributed by atoms with E-state index in [1.165, 1.54) is 11.5 Å². The molecule has 1 unspecified atom stereocenters. The highest BCUT2D eigenvalue weighted by molar-refractivity contribution is 7.09. The Bertz CT molecular complexity index is 733. The van der Waals surface area contributed by atoms with Crippen LogP contribution < -0.4 is 10.2 Å². The van der Waals surface area contributed by atoms with Crippen molar-refractivity contribution in [2.24, 2.45) is 0 Å². The number of likely N-dealkylation sites (N-methyl/N-ethyl adjacent to an activating group) is 1. The summed E-state index contributed by atoms with van der Waals surface area (Å²) in [6.45, 7) is 2.35. The van der Waals surface area contributed by atoms with Crippen LogP contribution in [0, 0.1) is 0 Å². The van der Waals surface area contributed by atoms with Gasteiger partial charge in [0.1, 0.15) is 11.9 Å². The number of carbonyl (C=O) groups excluding carboxylic acids is 1. The molecule has 0 saturated carbocycles. The first-order chi connectivity index (χ1) is 12.5. The minimum absolute atomic E-state index is 0.0822. The van der Waals surface area contributed by atoms with Crippen molar-refractivity contribution >= 4 is 34.2 Å². The summed E-state index contributed by atoms with van der Waals surface area (Å²) in [7, 11) is 4.00. The molecule has 0 radical (unpaired) electrons. The van der Waals surface area contributed by atoms with E-state index in [4.69, 9.17) is 11.6 Å². The largest absolute Gasteiger partial charge is 0.353 e. The van der Waals surface area contributed by atoms with Crippen LogP contribution in [0.1, 0.15) is 24.2 Å². The van der Waals surface area contributed by atoms with Gasteiger partial charge in [0.15, 0.2) is 0 Å². The van der Waals surface area contributed by atoms with Gasteiger partial charge in [-0.25, -0.2) is 4.98 Å². The van der Waals surface area contributed by atoms with Crippen molar-refractivity contribution in [3.63, 3.8) is 0 Å². The lowest BCUT2D eigenvalue weighted by Crippen LogP contribution is -2.45. The number of rotatable bonds is 7. The van der Waals surface area contributed by atoms with Gasteiger partial charge in [0.2, 0.25) is 11.0 Å². The Labute approximate surface area is 163 Å². The average Bonchev–Trinajstić information content (AvgIpc) is 3.25. The number of benzene rings is 1. The maximum absolute atomic E-state index is 12.5. The molecular weight excluding hydrogens is 370 g/mol. The van der Waals surface area contributed by atoms with Crippen LogP contribution in [-0.2, 0) is 11.2 Å². The number of amides is 1. The first-order valence-electron chi connectivity index (χ1n) is 8.79. The van der Waals surface area contributed by atoms with E-state index >= 15 is 0 Å². The number of aromatic nitrogens is 2. The molecule has 1 atom stereocenters. The molecule has 0 spiro atoms. The third-order valence-electron chi connectivity index (χ3n) is 4.39. The summed E-state index contributed by atoms with van der Waals surface area (Å²) in [6, 6.07) is 7.57. The van der Waals surface area contributed by atoms with Crippen molar-refractivity contribution in [3.8, 4) is 0 Å². The van der Waals surface area contributed by atoms with Gasteiger partial charge < -0.3 is 15.1 Å². The molecule has 3 rings (SSSR count). The first kappa shape index (κ1) is 19.1. The molecule has 140 valence electrons. The molecule has 0 aliphatic carbocycles. The standard InChI is InChI=1S/C18H24ClN5OS/c1-23(2)11-9-20-17(25)15-4-3-10-24(15)18-21-16(22-26-18)12-13-5-7-14(19)8-6-13/h5-8,15H,3-4,9-12H2,1-2H3,(H,20,25). The summed E-state index contributed by atoms with van der Waals surface area (Å²) in [5.74, 6) is 0.866. The molecule has 6 nitrogen and oxygen atoms in total. The molecule has 1 saturated heterocycles. The van der Waals surface area contributed by atoms with Crippen LogP contribution in [0.3, 0.4) is 0 Å². The summed E-state index contributed by atoms with van der Waals surface area (Å²) >= 11 is 7.30. The lowest BCUT2D eigenvalue weighted by molar-refractivity contribution is -0.122. The molecule has 26 heavy (non-hydrogen) atoms. The maximum Gasteiger partial charge on any atom is 0.242 e. The second kappa shape index (κ2) is 8.79. The van der Waals surface area contributed by atoms with Gasteiger partial charge in [0.05, 0.1) is 0 Å². The van der Waals surface area contributed by atoms with Crippen LogP contribution in [0.4, 0.5) is 5.13 Å². The minimum Gasteiger partial charge on any atom is -0.353 e. The predicted octanol–water partition coefficient (Wildman–Crippen LogP) is 2.43. The fourth-order valence-corrected chi connectivity index (χ4v) is 3.89. The van der Waals surface area contributed by atoms with Gasteiger partial charge in [-0.15, -0.1) is 0 Å². The van der Waals surface area contributed by atoms with Crippen LogP contribution in [0.25, 0.3) is 0 Å². The van der Waals surface area contributed by atoms with Crippen molar-refractivity contribution in [2.45, 2.75) is 25.3 Å². The summed E-state index contributed by atoms with van der Waals surface area (Å²) in [5.41, 5.74) is 1.12. The van der Waals surface area contributed by atoms with Gasteiger partial charge in [-0.3, -0.25) is 4.79 Å². The van der Waals surface area contributed by atoms with Crippen LogP contribution in [0.15, 0.2) is 24.3 Å². The second-order valence-electron chi connectivity index (χ2n) is 6.74. The van der Waals surface area contributed by atoms with Crippen LogP contribution in [0.5, 0.6) is 0 Å². The number of hydrogen-bond donors (Lipinski definition) is 1. The Morgan fingerprint density at radius 3 is 2.88 bits per heavy atom. The average molecular weight is 394 g/mol. The summed E-state index contributed by atoms with van der Waals surface area (Å²) in [5, 5.41) is 4.58. The van der Waals surface area contributed by atoms with Crippen LogP contribution in [-0.4, -0.2) is 59.9 Å². The Morgan fingerprint density at radius 1 is 1.38 bits per heavy atom. The van der Waals surface area contributed by atoms with Crippen LogP contribution in [0.2, 0.25) is 5.02 Å². The molecule has 1 aromatic heterocycles. The normalized spacial score (nSPS) is 17.1. The fraction of sp³-hybridized carbons (Fsp3) is 0.500. The summed E-state index contributed by atoms with van der Waals surface area (Å²) in [4.78, 5) is 21.3. The summed E-state index contributed by atoms with van der Waals surface area (Å²) in [6.07, 6.45) is 2.53. The number of nitrogens with zero attached hydrogens (tertiary/aromatic N) is 4. The third-order valence-corrected chi connectivity index (χ3v) is 5.44. The third kappa shape index (κ3) is 4.93. The van der Waals surface area contributed by atoms with Crippen molar-refractivity contribution in [3.05, 3.63) is 40.7 Å². The molecular formula is C18H24ClN5OS. The van der Waals surface area contributed by atoms with Crippen molar-refractivity contribution in [2.75, 3.05) is 38.6 Å². The van der Waals surface area contributed by atoms with E-state index in [0.29, 0.717) is 13.0 Å². The molecule has 0 bridgehead atoms. The van der Waals surface area contributed by atoms with Crippen molar-refractivity contribution in [1.82, 2.24) is 19.6 Å². The quantitative estimate of drug-likeness (QED) is 0.782. The SMILES string of the molecule is CN(C)CCNC(=O)C1CCCN1c1nc(Cc2ccc(Cl)cc2)ns1.